The SMILES string of the molecule is N#CC(=Cc1ccc(F)cc1)c1ccc(C#N)cc1. The lowest BCUT2D eigenvalue weighted by atomic mass is 10.0. The zero-order valence-electron chi connectivity index (χ0n) is 9.97. The molecule has 0 fully saturated rings. The maximum atomic E-state index is 12.8. The third kappa shape index (κ3) is 3.06. The molecule has 2 rings (SSSR count). The highest BCUT2D eigenvalue weighted by atomic mass is 19.1. The van der Waals surface area contributed by atoms with Gasteiger partial charge in [-0.3, -0.25) is 0 Å². The Hall–Kier alpha value is -2.91. The van der Waals surface area contributed by atoms with Crippen molar-refractivity contribution in [1.82, 2.24) is 0 Å². The van der Waals surface area contributed by atoms with Crippen LogP contribution in [0.25, 0.3) is 11.6 Å². The fraction of sp³-hybridized carbons (Fsp3) is 0. The minimum absolute atomic E-state index is 0.311. The molecule has 2 aromatic carbocycles. The number of rotatable bonds is 2. The first-order valence-electron chi connectivity index (χ1n) is 5.61. The van der Waals surface area contributed by atoms with Gasteiger partial charge in [0.25, 0.3) is 0 Å². The molecule has 2 aromatic rings. The van der Waals surface area contributed by atoms with Crippen LogP contribution in [0.5, 0.6) is 0 Å². The smallest absolute Gasteiger partial charge is 0.123 e. The molecule has 0 spiro atoms. The van der Waals surface area contributed by atoms with Gasteiger partial charge >= 0.3 is 0 Å². The molecular formula is C16H9FN2. The number of nitrogens with zero attached hydrogens (tertiary/aromatic N) is 2. The van der Waals surface area contributed by atoms with E-state index in [1.807, 2.05) is 6.07 Å². The van der Waals surface area contributed by atoms with Gasteiger partial charge in [-0.05, 0) is 41.5 Å². The van der Waals surface area contributed by atoms with Crippen LogP contribution in [0.1, 0.15) is 16.7 Å². The predicted molar refractivity (Wildman–Crippen MR) is 71.0 cm³/mol. The van der Waals surface area contributed by atoms with Gasteiger partial charge in [-0.15, -0.1) is 0 Å². The van der Waals surface area contributed by atoms with E-state index < -0.39 is 0 Å². The summed E-state index contributed by atoms with van der Waals surface area (Å²) < 4.78 is 12.8. The van der Waals surface area contributed by atoms with Gasteiger partial charge in [-0.1, -0.05) is 24.3 Å². The summed E-state index contributed by atoms with van der Waals surface area (Å²) in [5.41, 5.74) is 2.49. The summed E-state index contributed by atoms with van der Waals surface area (Å²) in [4.78, 5) is 0. The molecule has 0 amide bonds. The van der Waals surface area contributed by atoms with Gasteiger partial charge in [-0.25, -0.2) is 4.39 Å². The van der Waals surface area contributed by atoms with Crippen molar-refractivity contribution in [1.29, 1.82) is 10.5 Å². The van der Waals surface area contributed by atoms with Gasteiger partial charge in [0.1, 0.15) is 5.82 Å². The van der Waals surface area contributed by atoms with Crippen molar-refractivity contribution in [3.05, 3.63) is 71.0 Å². The Labute approximate surface area is 110 Å². The standard InChI is InChI=1S/C16H9FN2/c17-16-7-3-12(4-8-16)9-15(11-19)14-5-1-13(10-18)2-6-14/h1-9H. The lowest BCUT2D eigenvalue weighted by molar-refractivity contribution is 0.628. The summed E-state index contributed by atoms with van der Waals surface area (Å²) in [6.45, 7) is 0. The molecule has 0 radical (unpaired) electrons. The van der Waals surface area contributed by atoms with E-state index in [0.717, 1.165) is 11.1 Å². The summed E-state index contributed by atoms with van der Waals surface area (Å²) >= 11 is 0. The Bertz CT molecular complexity index is 684. The van der Waals surface area contributed by atoms with Gasteiger partial charge in [0, 0.05) is 0 Å². The van der Waals surface area contributed by atoms with Gasteiger partial charge in [0.2, 0.25) is 0 Å². The highest BCUT2D eigenvalue weighted by Crippen LogP contribution is 2.18. The van der Waals surface area contributed by atoms with E-state index >= 15 is 0 Å². The lowest BCUT2D eigenvalue weighted by Crippen LogP contribution is -1.83. The Morgan fingerprint density at radius 3 is 2.11 bits per heavy atom. The number of halogens is 1. The molecular weight excluding hydrogens is 239 g/mol. The molecule has 2 nitrogen and oxygen atoms in total. The maximum Gasteiger partial charge on any atom is 0.123 e. The third-order valence-electron chi connectivity index (χ3n) is 2.63. The van der Waals surface area contributed by atoms with Crippen molar-refractivity contribution in [2.45, 2.75) is 0 Å². The van der Waals surface area contributed by atoms with Crippen molar-refractivity contribution >= 4 is 11.6 Å². The third-order valence-corrected chi connectivity index (χ3v) is 2.63. The molecule has 3 heteroatoms. The molecule has 0 aromatic heterocycles. The largest absolute Gasteiger partial charge is 0.207 e. The number of hydrogen-bond donors (Lipinski definition) is 0. The van der Waals surface area contributed by atoms with Gasteiger partial charge in [0.05, 0.1) is 23.3 Å². The van der Waals surface area contributed by atoms with Crippen molar-refractivity contribution in [3.8, 4) is 12.1 Å². The second kappa shape index (κ2) is 5.62. The second-order valence-electron chi connectivity index (χ2n) is 3.91. The number of allylic oxidation sites excluding steroid dienone is 1. The predicted octanol–water partition coefficient (Wildman–Crippen LogP) is 3.76. The van der Waals surface area contributed by atoms with E-state index in [1.165, 1.54) is 12.1 Å². The molecule has 0 saturated carbocycles. The first kappa shape index (κ1) is 12.5. The van der Waals surface area contributed by atoms with Gasteiger partial charge in [-0.2, -0.15) is 10.5 Å². The summed E-state index contributed by atoms with van der Waals surface area (Å²) in [5.74, 6) is -0.311. The first-order valence-corrected chi connectivity index (χ1v) is 5.61. The van der Waals surface area contributed by atoms with Crippen LogP contribution < -0.4 is 0 Å². The summed E-state index contributed by atoms with van der Waals surface area (Å²) in [5, 5.41) is 17.9. The van der Waals surface area contributed by atoms with E-state index in [2.05, 4.69) is 6.07 Å². The average Bonchev–Trinajstić information content (AvgIpc) is 2.47. The average molecular weight is 248 g/mol. The van der Waals surface area contributed by atoms with Crippen LogP contribution >= 0.6 is 0 Å². The first-order chi connectivity index (χ1) is 9.22. The van der Waals surface area contributed by atoms with Crippen molar-refractivity contribution in [3.63, 3.8) is 0 Å². The van der Waals surface area contributed by atoms with E-state index in [9.17, 15) is 4.39 Å². The topological polar surface area (TPSA) is 47.6 Å². The number of benzene rings is 2. The molecule has 0 unspecified atom stereocenters. The number of nitriles is 2. The fourth-order valence-electron chi connectivity index (χ4n) is 1.63. The zero-order chi connectivity index (χ0) is 13.7. The molecule has 90 valence electrons. The molecule has 0 aliphatic heterocycles. The van der Waals surface area contributed by atoms with Crippen molar-refractivity contribution < 1.29 is 4.39 Å². The minimum atomic E-state index is -0.311. The normalized spacial score (nSPS) is 10.6. The Morgan fingerprint density at radius 1 is 0.947 bits per heavy atom. The Balaban J connectivity index is 2.36. The van der Waals surface area contributed by atoms with Crippen LogP contribution in [0.3, 0.4) is 0 Å². The fourth-order valence-corrected chi connectivity index (χ4v) is 1.63. The van der Waals surface area contributed by atoms with Crippen LogP contribution in [0, 0.1) is 28.5 Å². The van der Waals surface area contributed by atoms with Crippen LogP contribution in [0.2, 0.25) is 0 Å². The molecule has 0 aliphatic rings. The van der Waals surface area contributed by atoms with E-state index in [-0.39, 0.29) is 5.82 Å². The quantitative estimate of drug-likeness (QED) is 0.600. The molecule has 0 N–H and O–H groups in total. The van der Waals surface area contributed by atoms with Crippen LogP contribution in [0.15, 0.2) is 48.5 Å². The number of hydrogen-bond acceptors (Lipinski definition) is 2. The van der Waals surface area contributed by atoms with Gasteiger partial charge < -0.3 is 0 Å². The van der Waals surface area contributed by atoms with Crippen LogP contribution in [-0.4, -0.2) is 0 Å². The van der Waals surface area contributed by atoms with E-state index in [4.69, 9.17) is 10.5 Å². The van der Waals surface area contributed by atoms with Crippen LogP contribution in [-0.2, 0) is 0 Å². The molecule has 0 atom stereocenters. The minimum Gasteiger partial charge on any atom is -0.207 e. The summed E-state index contributed by atoms with van der Waals surface area (Å²) in [6, 6.07) is 16.8. The highest BCUT2D eigenvalue weighted by molar-refractivity contribution is 5.89. The van der Waals surface area contributed by atoms with E-state index in [1.54, 1.807) is 42.5 Å². The molecule has 19 heavy (non-hydrogen) atoms. The van der Waals surface area contributed by atoms with Crippen LogP contribution in [0.4, 0.5) is 4.39 Å². The molecule has 0 bridgehead atoms. The van der Waals surface area contributed by atoms with Crippen molar-refractivity contribution in [2.24, 2.45) is 0 Å². The second-order valence-corrected chi connectivity index (χ2v) is 3.91. The summed E-state index contributed by atoms with van der Waals surface area (Å²) in [6.07, 6.45) is 1.68. The summed E-state index contributed by atoms with van der Waals surface area (Å²) in [7, 11) is 0. The van der Waals surface area contributed by atoms with Crippen molar-refractivity contribution in [2.75, 3.05) is 0 Å². The highest BCUT2D eigenvalue weighted by Gasteiger charge is 2.01. The van der Waals surface area contributed by atoms with E-state index in [0.29, 0.717) is 11.1 Å². The monoisotopic (exact) mass is 248 g/mol. The molecule has 0 saturated heterocycles. The lowest BCUT2D eigenvalue weighted by Gasteiger charge is -2.00. The van der Waals surface area contributed by atoms with Gasteiger partial charge in [0.15, 0.2) is 0 Å². The molecule has 0 aliphatic carbocycles. The Kier molecular flexibility index (Phi) is 3.71. The maximum absolute atomic E-state index is 12.8. The zero-order valence-corrected chi connectivity index (χ0v) is 9.97. The Morgan fingerprint density at radius 2 is 1.58 bits per heavy atom. The molecule has 0 heterocycles.